The average Bonchev–Trinajstić information content (AvgIpc) is 2.60. The molecule has 2 aromatic carbocycles. The van der Waals surface area contributed by atoms with E-state index >= 15 is 0 Å². The molecule has 0 heterocycles. The second-order valence-corrected chi connectivity index (χ2v) is 5.56. The Morgan fingerprint density at radius 1 is 1.00 bits per heavy atom. The van der Waals surface area contributed by atoms with Crippen LogP contribution < -0.4 is 4.74 Å². The number of methoxy groups -OCH3 is 1. The lowest BCUT2D eigenvalue weighted by molar-refractivity contribution is 0.103. The van der Waals surface area contributed by atoms with E-state index < -0.39 is 0 Å². The van der Waals surface area contributed by atoms with Crippen molar-refractivity contribution >= 4 is 16.9 Å². The molecule has 0 bridgehead atoms. The highest BCUT2D eigenvalue weighted by Crippen LogP contribution is 2.40. The lowest BCUT2D eigenvalue weighted by atomic mass is 9.78. The van der Waals surface area contributed by atoms with Gasteiger partial charge in [0.2, 0.25) is 0 Å². The molecule has 0 radical (unpaired) electrons. The second kappa shape index (κ2) is 5.73. The van der Waals surface area contributed by atoms with Gasteiger partial charge in [-0.05, 0) is 46.9 Å². The van der Waals surface area contributed by atoms with Crippen LogP contribution in [0.4, 0.5) is 0 Å². The number of Topliss-reactive ketones (excluding diaryl/α,β-unsaturated/α-hetero) is 1. The molecule has 0 atom stereocenters. The summed E-state index contributed by atoms with van der Waals surface area (Å²) in [5.74, 6) is 0.828. The third-order valence-electron chi connectivity index (χ3n) is 4.25. The van der Waals surface area contributed by atoms with Gasteiger partial charge >= 0.3 is 0 Å². The molecule has 0 unspecified atom stereocenters. The van der Waals surface area contributed by atoms with Crippen LogP contribution in [-0.2, 0) is 0 Å². The van der Waals surface area contributed by atoms with Gasteiger partial charge in [0.15, 0.2) is 5.78 Å². The highest BCUT2D eigenvalue weighted by atomic mass is 16.5. The zero-order chi connectivity index (χ0) is 16.6. The monoisotopic (exact) mass is 302 g/mol. The predicted octanol–water partition coefficient (Wildman–Crippen LogP) is 4.93. The minimum Gasteiger partial charge on any atom is -0.497 e. The van der Waals surface area contributed by atoms with Gasteiger partial charge in [0.1, 0.15) is 5.75 Å². The Hall–Kier alpha value is -2.87. The summed E-state index contributed by atoms with van der Waals surface area (Å²) in [6.07, 6.45) is 0. The molecule has 2 heteroatoms. The Balaban J connectivity index is 2.08. The predicted molar refractivity (Wildman–Crippen MR) is 94.5 cm³/mol. The van der Waals surface area contributed by atoms with E-state index in [0.29, 0.717) is 11.1 Å². The Morgan fingerprint density at radius 3 is 2.22 bits per heavy atom. The number of rotatable bonds is 3. The number of carbonyl (C=O) groups is 1. The molecule has 0 saturated carbocycles. The Kier molecular flexibility index (Phi) is 3.75. The summed E-state index contributed by atoms with van der Waals surface area (Å²) in [5, 5.41) is 0. The maximum absolute atomic E-state index is 12.6. The second-order valence-electron chi connectivity index (χ2n) is 5.56. The average molecular weight is 302 g/mol. The zero-order valence-corrected chi connectivity index (χ0v) is 13.3. The Labute approximate surface area is 136 Å². The fourth-order valence-corrected chi connectivity index (χ4v) is 2.97. The van der Waals surface area contributed by atoms with Gasteiger partial charge in [-0.2, -0.15) is 0 Å². The number of carbonyl (C=O) groups excluding carboxylic acids is 1. The van der Waals surface area contributed by atoms with Gasteiger partial charge in [0.25, 0.3) is 0 Å². The first kappa shape index (κ1) is 15.0. The standard InChI is InChI=1S/C21H18O2/c1-13(16-9-11-17(23-4)12-10-16)20-14(2)18-7-5-6-8-19(18)21(22)15(20)3/h5-12H,1-2H2,3-4H3. The normalized spacial score (nSPS) is 13.8. The van der Waals surface area contributed by atoms with Crippen molar-refractivity contribution in [2.45, 2.75) is 6.92 Å². The fourth-order valence-electron chi connectivity index (χ4n) is 2.97. The van der Waals surface area contributed by atoms with Crippen LogP contribution in [0.25, 0.3) is 11.1 Å². The number of ether oxygens (including phenoxy) is 1. The number of hydrogen-bond acceptors (Lipinski definition) is 2. The van der Waals surface area contributed by atoms with Gasteiger partial charge in [-0.15, -0.1) is 0 Å². The molecule has 23 heavy (non-hydrogen) atoms. The van der Waals surface area contributed by atoms with Crippen LogP contribution in [0.2, 0.25) is 0 Å². The number of benzene rings is 2. The van der Waals surface area contributed by atoms with Crippen LogP contribution in [0.15, 0.2) is 72.8 Å². The van der Waals surface area contributed by atoms with Crippen molar-refractivity contribution in [1.82, 2.24) is 0 Å². The van der Waals surface area contributed by atoms with Crippen LogP contribution in [0.5, 0.6) is 5.75 Å². The topological polar surface area (TPSA) is 26.3 Å². The van der Waals surface area contributed by atoms with Crippen molar-refractivity contribution in [1.29, 1.82) is 0 Å². The van der Waals surface area contributed by atoms with Gasteiger partial charge in [-0.25, -0.2) is 0 Å². The van der Waals surface area contributed by atoms with E-state index in [9.17, 15) is 4.79 Å². The van der Waals surface area contributed by atoms with Crippen LogP contribution in [0, 0.1) is 0 Å². The summed E-state index contributed by atoms with van der Waals surface area (Å²) >= 11 is 0. The quantitative estimate of drug-likeness (QED) is 0.803. The zero-order valence-electron chi connectivity index (χ0n) is 13.3. The third-order valence-corrected chi connectivity index (χ3v) is 4.25. The number of fused-ring (bicyclic) bond motifs is 1. The first-order chi connectivity index (χ1) is 11.0. The van der Waals surface area contributed by atoms with Crippen molar-refractivity contribution in [2.24, 2.45) is 0 Å². The number of hydrogen-bond donors (Lipinski definition) is 0. The first-order valence-corrected chi connectivity index (χ1v) is 7.42. The highest BCUT2D eigenvalue weighted by molar-refractivity contribution is 6.20. The summed E-state index contributed by atoms with van der Waals surface area (Å²) in [6, 6.07) is 15.2. The Bertz CT molecular complexity index is 852. The molecule has 0 amide bonds. The van der Waals surface area contributed by atoms with Gasteiger partial charge < -0.3 is 4.74 Å². The van der Waals surface area contributed by atoms with E-state index in [1.54, 1.807) is 7.11 Å². The van der Waals surface area contributed by atoms with Crippen LogP contribution in [0.3, 0.4) is 0 Å². The molecule has 0 spiro atoms. The molecule has 0 N–H and O–H groups in total. The molecular formula is C21H18O2. The van der Waals surface area contributed by atoms with Crippen LogP contribution in [0.1, 0.15) is 28.4 Å². The Morgan fingerprint density at radius 2 is 1.61 bits per heavy atom. The molecular weight excluding hydrogens is 284 g/mol. The minimum absolute atomic E-state index is 0.0395. The maximum atomic E-state index is 12.6. The SMILES string of the molecule is C=C(C1=C(C)C(=O)c2ccccc2C1=C)c1ccc(OC)cc1. The lowest BCUT2D eigenvalue weighted by Gasteiger charge is -2.24. The molecule has 1 aliphatic carbocycles. The molecule has 0 aromatic heterocycles. The van der Waals surface area contributed by atoms with Crippen LogP contribution in [-0.4, -0.2) is 12.9 Å². The van der Waals surface area contributed by atoms with Gasteiger partial charge in [-0.3, -0.25) is 4.79 Å². The molecule has 0 fully saturated rings. The van der Waals surface area contributed by atoms with Gasteiger partial charge in [0, 0.05) is 11.1 Å². The summed E-state index contributed by atoms with van der Waals surface area (Å²) in [7, 11) is 1.63. The van der Waals surface area contributed by atoms with Crippen molar-refractivity contribution in [3.8, 4) is 5.75 Å². The van der Waals surface area contributed by atoms with Gasteiger partial charge in [0.05, 0.1) is 7.11 Å². The minimum atomic E-state index is 0.0395. The number of ketones is 1. The molecule has 3 rings (SSSR count). The molecule has 0 aliphatic heterocycles. The highest BCUT2D eigenvalue weighted by Gasteiger charge is 2.27. The summed E-state index contributed by atoms with van der Waals surface area (Å²) < 4.78 is 5.19. The van der Waals surface area contributed by atoms with Crippen molar-refractivity contribution in [3.63, 3.8) is 0 Å². The van der Waals surface area contributed by atoms with Crippen molar-refractivity contribution in [3.05, 3.63) is 89.5 Å². The number of allylic oxidation sites excluding steroid dienone is 4. The van der Waals surface area contributed by atoms with E-state index in [0.717, 1.165) is 33.6 Å². The molecule has 114 valence electrons. The molecule has 2 aromatic rings. The smallest absolute Gasteiger partial charge is 0.189 e. The molecule has 1 aliphatic rings. The first-order valence-electron chi connectivity index (χ1n) is 7.42. The summed E-state index contributed by atoms with van der Waals surface area (Å²) in [4.78, 5) is 12.6. The van der Waals surface area contributed by atoms with E-state index in [1.807, 2.05) is 55.5 Å². The van der Waals surface area contributed by atoms with E-state index in [1.165, 1.54) is 0 Å². The van der Waals surface area contributed by atoms with E-state index in [-0.39, 0.29) is 5.78 Å². The van der Waals surface area contributed by atoms with E-state index in [4.69, 9.17) is 4.74 Å². The van der Waals surface area contributed by atoms with Gasteiger partial charge in [-0.1, -0.05) is 49.6 Å². The van der Waals surface area contributed by atoms with Crippen molar-refractivity contribution in [2.75, 3.05) is 7.11 Å². The molecule has 0 saturated heterocycles. The van der Waals surface area contributed by atoms with E-state index in [2.05, 4.69) is 13.2 Å². The lowest BCUT2D eigenvalue weighted by Crippen LogP contribution is -2.14. The van der Waals surface area contributed by atoms with Crippen LogP contribution >= 0.6 is 0 Å². The third kappa shape index (κ3) is 2.42. The maximum Gasteiger partial charge on any atom is 0.189 e. The fraction of sp³-hybridized carbons (Fsp3) is 0.0952. The largest absolute Gasteiger partial charge is 0.497 e. The van der Waals surface area contributed by atoms with Crippen molar-refractivity contribution < 1.29 is 9.53 Å². The molecule has 2 nitrogen and oxygen atoms in total. The summed E-state index contributed by atoms with van der Waals surface area (Å²) in [5.41, 5.74) is 5.72. The summed E-state index contributed by atoms with van der Waals surface area (Å²) in [6.45, 7) is 10.2.